The second kappa shape index (κ2) is 8.20. The highest BCUT2D eigenvalue weighted by atomic mass is 19.4. The van der Waals surface area contributed by atoms with Gasteiger partial charge in [-0.15, -0.1) is 0 Å². The molecule has 1 saturated heterocycles. The number of nitrogens with zero attached hydrogens (tertiary/aromatic N) is 2. The second-order valence-electron chi connectivity index (χ2n) is 6.16. The highest BCUT2D eigenvalue weighted by molar-refractivity contribution is 6.01. The predicted octanol–water partition coefficient (Wildman–Crippen LogP) is 3.14. The molecular formula is C19H18F3N3O3. The molecule has 6 nitrogen and oxygen atoms in total. The van der Waals surface area contributed by atoms with Crippen molar-refractivity contribution in [2.75, 3.05) is 36.4 Å². The van der Waals surface area contributed by atoms with E-state index in [9.17, 15) is 22.8 Å². The molecule has 3 rings (SSSR count). The van der Waals surface area contributed by atoms with Crippen LogP contribution in [0.3, 0.4) is 0 Å². The van der Waals surface area contributed by atoms with Gasteiger partial charge in [0, 0.05) is 43.6 Å². The number of carbonyl (C=O) groups excluding carboxylic acids is 2. The van der Waals surface area contributed by atoms with Crippen molar-refractivity contribution >= 4 is 29.3 Å². The lowest BCUT2D eigenvalue weighted by Crippen LogP contribution is -2.52. The fourth-order valence-electron chi connectivity index (χ4n) is 2.83. The summed E-state index contributed by atoms with van der Waals surface area (Å²) in [4.78, 5) is 25.9. The lowest BCUT2D eigenvalue weighted by molar-refractivity contribution is -0.185. The van der Waals surface area contributed by atoms with Crippen molar-refractivity contribution in [3.05, 3.63) is 54.5 Å². The molecule has 0 unspecified atom stereocenters. The Balaban J connectivity index is 1.52. The molecule has 0 aliphatic carbocycles. The van der Waals surface area contributed by atoms with Gasteiger partial charge in [-0.3, -0.25) is 9.59 Å². The smallest absolute Gasteiger partial charge is 0.465 e. The molecule has 2 heterocycles. The third kappa shape index (κ3) is 4.93. The van der Waals surface area contributed by atoms with E-state index in [1.165, 1.54) is 12.3 Å². The maximum Gasteiger partial charge on any atom is 0.471 e. The van der Waals surface area contributed by atoms with E-state index in [2.05, 4.69) is 5.32 Å². The van der Waals surface area contributed by atoms with Gasteiger partial charge in [-0.2, -0.15) is 13.2 Å². The SMILES string of the molecule is O=C(/C=C/c1ccco1)Nc1ccc(N2CCN(C(=O)C(F)(F)F)CC2)cc1. The summed E-state index contributed by atoms with van der Waals surface area (Å²) < 4.78 is 42.6. The molecule has 0 saturated carbocycles. The van der Waals surface area contributed by atoms with Crippen LogP contribution in [0.15, 0.2) is 53.2 Å². The summed E-state index contributed by atoms with van der Waals surface area (Å²) in [5, 5.41) is 2.71. The first-order valence-electron chi connectivity index (χ1n) is 8.56. The van der Waals surface area contributed by atoms with E-state index in [4.69, 9.17) is 4.42 Å². The minimum atomic E-state index is -4.84. The first kappa shape index (κ1) is 19.5. The van der Waals surface area contributed by atoms with E-state index in [-0.39, 0.29) is 19.0 Å². The summed E-state index contributed by atoms with van der Waals surface area (Å²) in [6, 6.07) is 10.4. The average Bonchev–Trinajstić information content (AvgIpc) is 3.19. The van der Waals surface area contributed by atoms with E-state index in [1.54, 1.807) is 42.5 Å². The minimum absolute atomic E-state index is 0.00834. The summed E-state index contributed by atoms with van der Waals surface area (Å²) in [5.74, 6) is -1.55. The van der Waals surface area contributed by atoms with Crippen molar-refractivity contribution < 1.29 is 27.2 Å². The van der Waals surface area contributed by atoms with Crippen LogP contribution in [-0.2, 0) is 9.59 Å². The second-order valence-corrected chi connectivity index (χ2v) is 6.16. The molecule has 0 bridgehead atoms. The Kier molecular flexibility index (Phi) is 5.72. The Morgan fingerprint density at radius 2 is 1.71 bits per heavy atom. The van der Waals surface area contributed by atoms with Crippen molar-refractivity contribution in [3.63, 3.8) is 0 Å². The Morgan fingerprint density at radius 3 is 2.29 bits per heavy atom. The van der Waals surface area contributed by atoms with Crippen LogP contribution >= 0.6 is 0 Å². The van der Waals surface area contributed by atoms with Crippen LogP contribution in [0, 0.1) is 0 Å². The lowest BCUT2D eigenvalue weighted by Gasteiger charge is -2.36. The highest BCUT2D eigenvalue weighted by Gasteiger charge is 2.43. The third-order valence-corrected chi connectivity index (χ3v) is 4.25. The van der Waals surface area contributed by atoms with E-state index >= 15 is 0 Å². The number of benzene rings is 1. The van der Waals surface area contributed by atoms with Crippen LogP contribution in [-0.4, -0.2) is 49.1 Å². The zero-order valence-electron chi connectivity index (χ0n) is 14.8. The van der Waals surface area contributed by atoms with Gasteiger partial charge in [0.2, 0.25) is 5.91 Å². The van der Waals surface area contributed by atoms with E-state index < -0.39 is 12.1 Å². The zero-order valence-corrected chi connectivity index (χ0v) is 14.8. The van der Waals surface area contributed by atoms with Crippen LogP contribution in [0.1, 0.15) is 5.76 Å². The number of piperazine rings is 1. The average molecular weight is 393 g/mol. The fourth-order valence-corrected chi connectivity index (χ4v) is 2.83. The standard InChI is InChI=1S/C19H18F3N3O3/c20-19(21,22)18(27)25-11-9-24(10-12-25)15-5-3-14(4-6-15)23-17(26)8-7-16-2-1-13-28-16/h1-8,13H,9-12H2,(H,23,26)/b8-7+. The summed E-state index contributed by atoms with van der Waals surface area (Å²) in [5.41, 5.74) is 1.40. The van der Waals surface area contributed by atoms with Gasteiger partial charge in [0.25, 0.3) is 0 Å². The maximum absolute atomic E-state index is 12.5. The van der Waals surface area contributed by atoms with Gasteiger partial charge in [-0.05, 0) is 42.5 Å². The summed E-state index contributed by atoms with van der Waals surface area (Å²) in [7, 11) is 0. The Bertz CT molecular complexity index is 838. The number of furan rings is 1. The molecule has 2 amide bonds. The number of amides is 2. The largest absolute Gasteiger partial charge is 0.471 e. The van der Waals surface area contributed by atoms with Crippen LogP contribution in [0.5, 0.6) is 0 Å². The van der Waals surface area contributed by atoms with Crippen LogP contribution < -0.4 is 10.2 Å². The summed E-state index contributed by atoms with van der Waals surface area (Å²) in [6.07, 6.45) is -0.433. The van der Waals surface area contributed by atoms with E-state index in [0.717, 1.165) is 10.6 Å². The molecule has 0 radical (unpaired) electrons. The molecule has 0 spiro atoms. The van der Waals surface area contributed by atoms with E-state index in [0.29, 0.717) is 24.5 Å². The van der Waals surface area contributed by atoms with Crippen molar-refractivity contribution in [1.82, 2.24) is 4.90 Å². The number of nitrogens with one attached hydrogen (secondary N) is 1. The minimum Gasteiger partial charge on any atom is -0.465 e. The van der Waals surface area contributed by atoms with Gasteiger partial charge >= 0.3 is 12.1 Å². The number of hydrogen-bond donors (Lipinski definition) is 1. The fraction of sp³-hybridized carbons (Fsp3) is 0.263. The first-order valence-corrected chi connectivity index (χ1v) is 8.56. The van der Waals surface area contributed by atoms with Crippen molar-refractivity contribution in [2.45, 2.75) is 6.18 Å². The van der Waals surface area contributed by atoms with Gasteiger partial charge in [0.15, 0.2) is 0 Å². The van der Waals surface area contributed by atoms with Crippen molar-refractivity contribution in [3.8, 4) is 0 Å². The van der Waals surface area contributed by atoms with Gasteiger partial charge in [0.05, 0.1) is 6.26 Å². The molecule has 1 aliphatic rings. The number of halogens is 3. The molecule has 1 aromatic heterocycles. The molecule has 1 aromatic carbocycles. The number of alkyl halides is 3. The highest BCUT2D eigenvalue weighted by Crippen LogP contribution is 2.23. The molecule has 1 fully saturated rings. The number of rotatable bonds is 4. The molecule has 148 valence electrons. The van der Waals surface area contributed by atoms with Crippen molar-refractivity contribution in [1.29, 1.82) is 0 Å². The van der Waals surface area contributed by atoms with Gasteiger partial charge in [-0.25, -0.2) is 0 Å². The molecular weight excluding hydrogens is 375 g/mol. The summed E-state index contributed by atoms with van der Waals surface area (Å²) in [6.45, 7) is 0.627. The van der Waals surface area contributed by atoms with Crippen LogP contribution in [0.2, 0.25) is 0 Å². The Morgan fingerprint density at radius 1 is 1.04 bits per heavy atom. The van der Waals surface area contributed by atoms with Gasteiger partial charge in [0.1, 0.15) is 5.76 Å². The van der Waals surface area contributed by atoms with Crippen LogP contribution in [0.25, 0.3) is 6.08 Å². The van der Waals surface area contributed by atoms with Crippen LogP contribution in [0.4, 0.5) is 24.5 Å². The first-order chi connectivity index (χ1) is 13.3. The summed E-state index contributed by atoms with van der Waals surface area (Å²) >= 11 is 0. The van der Waals surface area contributed by atoms with E-state index in [1.807, 2.05) is 4.90 Å². The molecule has 1 aliphatic heterocycles. The topological polar surface area (TPSA) is 65.8 Å². The zero-order chi connectivity index (χ0) is 20.1. The maximum atomic E-state index is 12.5. The molecule has 28 heavy (non-hydrogen) atoms. The van der Waals surface area contributed by atoms with Crippen molar-refractivity contribution in [2.24, 2.45) is 0 Å². The Hall–Kier alpha value is -3.23. The number of anilines is 2. The number of hydrogen-bond acceptors (Lipinski definition) is 4. The lowest BCUT2D eigenvalue weighted by atomic mass is 10.2. The molecule has 2 aromatic rings. The number of carbonyl (C=O) groups is 2. The normalized spacial score (nSPS) is 15.1. The molecule has 9 heteroatoms. The predicted molar refractivity (Wildman–Crippen MR) is 97.7 cm³/mol. The van der Waals surface area contributed by atoms with Gasteiger partial charge < -0.3 is 19.5 Å². The quantitative estimate of drug-likeness (QED) is 0.811. The van der Waals surface area contributed by atoms with Gasteiger partial charge in [-0.1, -0.05) is 0 Å². The Labute approximate surface area is 159 Å². The molecule has 0 atom stereocenters. The third-order valence-electron chi connectivity index (χ3n) is 4.25. The molecule has 1 N–H and O–H groups in total. The monoisotopic (exact) mass is 393 g/mol.